The lowest BCUT2D eigenvalue weighted by Gasteiger charge is -2.22. The maximum atomic E-state index is 4.62. The van der Waals surface area contributed by atoms with Gasteiger partial charge in [-0.25, -0.2) is 4.98 Å². The minimum Gasteiger partial charge on any atom is -0.335 e. The highest BCUT2D eigenvalue weighted by molar-refractivity contribution is 5.07. The molecule has 0 saturated heterocycles. The van der Waals surface area contributed by atoms with Crippen molar-refractivity contribution < 1.29 is 0 Å². The maximum Gasteiger partial charge on any atom is 0.112 e. The molecule has 1 aliphatic carbocycles. The van der Waals surface area contributed by atoms with Crippen molar-refractivity contribution in [3.05, 3.63) is 18.2 Å². The summed E-state index contributed by atoms with van der Waals surface area (Å²) in [5, 5.41) is 3.69. The van der Waals surface area contributed by atoms with Crippen LogP contribution in [0.25, 0.3) is 0 Å². The molecule has 102 valence electrons. The van der Waals surface area contributed by atoms with Crippen molar-refractivity contribution in [2.24, 2.45) is 5.92 Å². The molecule has 1 heterocycles. The summed E-state index contributed by atoms with van der Waals surface area (Å²) < 4.78 is 2.35. The van der Waals surface area contributed by atoms with E-state index in [2.05, 4.69) is 41.8 Å². The summed E-state index contributed by atoms with van der Waals surface area (Å²) >= 11 is 0. The van der Waals surface area contributed by atoms with Crippen LogP contribution in [0.15, 0.2) is 12.4 Å². The first-order valence-corrected chi connectivity index (χ1v) is 7.52. The van der Waals surface area contributed by atoms with E-state index in [1.807, 2.05) is 6.20 Å². The Morgan fingerprint density at radius 2 is 2.17 bits per heavy atom. The molecule has 0 bridgehead atoms. The Labute approximate surface area is 111 Å². The van der Waals surface area contributed by atoms with Crippen LogP contribution in [0.1, 0.15) is 58.2 Å². The van der Waals surface area contributed by atoms with Gasteiger partial charge in [0.15, 0.2) is 0 Å². The first-order valence-electron chi connectivity index (χ1n) is 7.52. The van der Waals surface area contributed by atoms with Gasteiger partial charge in [-0.05, 0) is 38.1 Å². The second-order valence-corrected chi connectivity index (χ2v) is 5.58. The Bertz CT molecular complexity index is 358. The van der Waals surface area contributed by atoms with E-state index in [-0.39, 0.29) is 0 Å². The summed E-state index contributed by atoms with van der Waals surface area (Å²) in [7, 11) is 0. The van der Waals surface area contributed by atoms with Gasteiger partial charge in [0.05, 0.1) is 0 Å². The predicted molar refractivity (Wildman–Crippen MR) is 75.7 cm³/mol. The zero-order valence-corrected chi connectivity index (χ0v) is 12.0. The molecule has 1 fully saturated rings. The third-order valence-electron chi connectivity index (χ3n) is 4.26. The molecule has 0 aliphatic heterocycles. The van der Waals surface area contributed by atoms with Gasteiger partial charge in [0, 0.05) is 30.9 Å². The van der Waals surface area contributed by atoms with E-state index in [0.717, 1.165) is 13.1 Å². The van der Waals surface area contributed by atoms with Gasteiger partial charge < -0.3 is 9.88 Å². The minimum absolute atomic E-state index is 0.640. The molecule has 1 saturated carbocycles. The number of aromatic nitrogens is 2. The van der Waals surface area contributed by atoms with Crippen LogP contribution in [0.2, 0.25) is 0 Å². The van der Waals surface area contributed by atoms with Crippen molar-refractivity contribution in [1.29, 1.82) is 0 Å². The van der Waals surface area contributed by atoms with Crippen LogP contribution in [0.5, 0.6) is 0 Å². The Morgan fingerprint density at radius 1 is 1.33 bits per heavy atom. The second kappa shape index (κ2) is 6.37. The Hall–Kier alpha value is -0.830. The lowest BCUT2D eigenvalue weighted by molar-refractivity contribution is 0.391. The van der Waals surface area contributed by atoms with Gasteiger partial charge in [0.1, 0.15) is 5.82 Å². The van der Waals surface area contributed by atoms with Crippen molar-refractivity contribution >= 4 is 0 Å². The summed E-state index contributed by atoms with van der Waals surface area (Å²) in [5.41, 5.74) is 0. The van der Waals surface area contributed by atoms with Gasteiger partial charge >= 0.3 is 0 Å². The Kier molecular flexibility index (Phi) is 4.81. The minimum atomic E-state index is 0.640. The van der Waals surface area contributed by atoms with E-state index in [0.29, 0.717) is 17.9 Å². The number of hydrogen-bond acceptors (Lipinski definition) is 2. The summed E-state index contributed by atoms with van der Waals surface area (Å²) in [4.78, 5) is 4.62. The molecule has 2 rings (SSSR count). The standard InChI is InChI=1S/C15H27N3/c1-4-8-16-14-7-6-13(12(14)3)15-17-9-11-18(15)10-5-2/h9,11-14,16H,4-8,10H2,1-3H3. The van der Waals surface area contributed by atoms with E-state index < -0.39 is 0 Å². The number of nitrogens with zero attached hydrogens (tertiary/aromatic N) is 2. The molecule has 0 amide bonds. The van der Waals surface area contributed by atoms with Crippen LogP contribution < -0.4 is 5.32 Å². The lowest BCUT2D eigenvalue weighted by atomic mass is 9.94. The fourth-order valence-corrected chi connectivity index (χ4v) is 3.23. The number of aryl methyl sites for hydroxylation is 1. The van der Waals surface area contributed by atoms with Gasteiger partial charge in [-0.15, -0.1) is 0 Å². The van der Waals surface area contributed by atoms with Crippen molar-refractivity contribution in [1.82, 2.24) is 14.9 Å². The van der Waals surface area contributed by atoms with Crippen LogP contribution in [-0.2, 0) is 6.54 Å². The predicted octanol–water partition coefficient (Wildman–Crippen LogP) is 3.17. The van der Waals surface area contributed by atoms with E-state index in [9.17, 15) is 0 Å². The molecule has 3 unspecified atom stereocenters. The van der Waals surface area contributed by atoms with E-state index >= 15 is 0 Å². The summed E-state index contributed by atoms with van der Waals surface area (Å²) in [6.07, 6.45) is 9.08. The fourth-order valence-electron chi connectivity index (χ4n) is 3.23. The third kappa shape index (κ3) is 2.77. The lowest BCUT2D eigenvalue weighted by Crippen LogP contribution is -2.33. The van der Waals surface area contributed by atoms with Crippen molar-refractivity contribution in [2.45, 2.75) is 65.0 Å². The molecule has 1 N–H and O–H groups in total. The Morgan fingerprint density at radius 3 is 2.89 bits per heavy atom. The maximum absolute atomic E-state index is 4.62. The number of imidazole rings is 1. The van der Waals surface area contributed by atoms with Crippen LogP contribution >= 0.6 is 0 Å². The molecule has 3 atom stereocenters. The van der Waals surface area contributed by atoms with Crippen molar-refractivity contribution in [3.8, 4) is 0 Å². The highest BCUT2D eigenvalue weighted by atomic mass is 15.1. The van der Waals surface area contributed by atoms with Gasteiger partial charge in [-0.2, -0.15) is 0 Å². The summed E-state index contributed by atoms with van der Waals surface area (Å²) in [6, 6.07) is 0.682. The first-order chi connectivity index (χ1) is 8.77. The van der Waals surface area contributed by atoms with E-state index in [1.54, 1.807) is 0 Å². The van der Waals surface area contributed by atoms with E-state index in [1.165, 1.54) is 31.5 Å². The topological polar surface area (TPSA) is 29.9 Å². The molecule has 1 aromatic rings. The van der Waals surface area contributed by atoms with Crippen molar-refractivity contribution in [2.75, 3.05) is 6.54 Å². The molecule has 0 spiro atoms. The van der Waals surface area contributed by atoms with Crippen LogP contribution in [-0.4, -0.2) is 22.1 Å². The molecular formula is C15H27N3. The van der Waals surface area contributed by atoms with Crippen LogP contribution in [0.4, 0.5) is 0 Å². The fraction of sp³-hybridized carbons (Fsp3) is 0.800. The molecule has 0 radical (unpaired) electrons. The van der Waals surface area contributed by atoms with Crippen LogP contribution in [0.3, 0.4) is 0 Å². The normalized spacial score (nSPS) is 27.8. The smallest absolute Gasteiger partial charge is 0.112 e. The zero-order valence-electron chi connectivity index (χ0n) is 12.0. The van der Waals surface area contributed by atoms with Crippen LogP contribution in [0, 0.1) is 5.92 Å². The number of nitrogens with one attached hydrogen (secondary N) is 1. The molecule has 3 heteroatoms. The zero-order chi connectivity index (χ0) is 13.0. The number of hydrogen-bond donors (Lipinski definition) is 1. The average molecular weight is 249 g/mol. The molecular weight excluding hydrogens is 222 g/mol. The van der Waals surface area contributed by atoms with Gasteiger partial charge in [-0.1, -0.05) is 20.8 Å². The van der Waals surface area contributed by atoms with Gasteiger partial charge in [0.2, 0.25) is 0 Å². The highest BCUT2D eigenvalue weighted by Crippen LogP contribution is 2.38. The summed E-state index contributed by atoms with van der Waals surface area (Å²) in [6.45, 7) is 9.10. The molecule has 1 aromatic heterocycles. The molecule has 1 aliphatic rings. The second-order valence-electron chi connectivity index (χ2n) is 5.58. The quantitative estimate of drug-likeness (QED) is 0.839. The van der Waals surface area contributed by atoms with Crippen molar-refractivity contribution in [3.63, 3.8) is 0 Å². The molecule has 3 nitrogen and oxygen atoms in total. The first kappa shape index (κ1) is 13.6. The molecule has 0 aromatic carbocycles. The van der Waals surface area contributed by atoms with E-state index in [4.69, 9.17) is 0 Å². The largest absolute Gasteiger partial charge is 0.335 e. The van der Waals surface area contributed by atoms with Gasteiger partial charge in [-0.3, -0.25) is 0 Å². The monoisotopic (exact) mass is 249 g/mol. The molecule has 18 heavy (non-hydrogen) atoms. The summed E-state index contributed by atoms with van der Waals surface area (Å²) in [5.74, 6) is 2.65. The third-order valence-corrected chi connectivity index (χ3v) is 4.26. The Balaban J connectivity index is 2.03. The number of rotatable bonds is 6. The average Bonchev–Trinajstić information content (AvgIpc) is 2.94. The van der Waals surface area contributed by atoms with Gasteiger partial charge in [0.25, 0.3) is 0 Å². The SMILES string of the molecule is CCCNC1CCC(c2nccn2CCC)C1C. The highest BCUT2D eigenvalue weighted by Gasteiger charge is 2.35.